The molecule has 13 unspecified atom stereocenters. The van der Waals surface area contributed by atoms with Gasteiger partial charge in [0.2, 0.25) is 24.4 Å². The number of hydrogen-bond donors (Lipinski definition) is 6. The van der Waals surface area contributed by atoms with Crippen molar-refractivity contribution in [3.63, 3.8) is 0 Å². The Morgan fingerprint density at radius 2 is 0.804 bits per heavy atom. The molecule has 0 rings (SSSR count). The smallest absolute Gasteiger partial charge is 0.348 e. The number of carbonyl (C=O) groups excluding carboxylic acids is 5. The van der Waals surface area contributed by atoms with E-state index in [1.807, 2.05) is 0 Å². The lowest BCUT2D eigenvalue weighted by atomic mass is 9.98. The third kappa shape index (κ3) is 14.9. The Kier molecular flexibility index (Phi) is 22.3. The average Bonchev–Trinajstić information content (AvgIpc) is 3.12. The topological polar surface area (TPSA) is 253 Å². The molecule has 0 saturated heterocycles. The van der Waals surface area contributed by atoms with Gasteiger partial charge in [0.15, 0.2) is 6.10 Å². The second-order valence-electron chi connectivity index (χ2n) is 13.6. The lowest BCUT2D eigenvalue weighted by Crippen LogP contribution is -2.48. The molecule has 0 aliphatic heterocycles. The van der Waals surface area contributed by atoms with Gasteiger partial charge in [0.25, 0.3) is 0 Å². The molecule has 0 aliphatic carbocycles. The van der Waals surface area contributed by atoms with E-state index in [1.54, 1.807) is 55.4 Å². The predicted octanol–water partition coefficient (Wildman–Crippen LogP) is 0.814. The van der Waals surface area contributed by atoms with E-state index in [-0.39, 0.29) is 0 Å². The molecule has 0 amide bonds. The summed E-state index contributed by atoms with van der Waals surface area (Å²) in [4.78, 5) is 66.0. The van der Waals surface area contributed by atoms with Crippen LogP contribution in [0.25, 0.3) is 0 Å². The first-order valence-electron chi connectivity index (χ1n) is 17.7. The number of rotatable bonds is 24. The highest BCUT2D eigenvalue weighted by molar-refractivity contribution is 5.87. The molecule has 0 bridgehead atoms. The van der Waals surface area contributed by atoms with Crippen LogP contribution in [-0.4, -0.2) is 129 Å². The maximum atomic E-state index is 13.6. The molecule has 16 nitrogen and oxygen atoms in total. The molecule has 0 radical (unpaired) electrons. The summed E-state index contributed by atoms with van der Waals surface area (Å²) in [5, 5.41) is 58.7. The molecule has 6 N–H and O–H groups in total. The van der Waals surface area contributed by atoms with Gasteiger partial charge >= 0.3 is 29.8 Å². The minimum atomic E-state index is -1.99. The third-order valence-corrected chi connectivity index (χ3v) is 9.14. The van der Waals surface area contributed by atoms with Crippen LogP contribution in [0.4, 0.5) is 0 Å². The molecule has 0 spiro atoms. The highest BCUT2D eigenvalue weighted by atomic mass is 16.6. The number of ether oxygens (including phenoxy) is 5. The molecule has 16 heteroatoms. The van der Waals surface area contributed by atoms with Crippen LogP contribution in [0.3, 0.4) is 0 Å². The van der Waals surface area contributed by atoms with Crippen LogP contribution < -0.4 is 0 Å². The minimum absolute atomic E-state index is 0.314. The Balaban J connectivity index is 6.05. The van der Waals surface area contributed by atoms with E-state index in [4.69, 9.17) is 28.8 Å². The van der Waals surface area contributed by atoms with Gasteiger partial charge in [-0.3, -0.25) is 0 Å². The minimum Gasteiger partial charge on any atom is -0.460 e. The summed E-state index contributed by atoms with van der Waals surface area (Å²) >= 11 is 0. The lowest BCUT2D eigenvalue weighted by Gasteiger charge is -2.30. The zero-order valence-electron chi connectivity index (χ0n) is 31.6. The van der Waals surface area contributed by atoms with Crippen molar-refractivity contribution in [2.75, 3.05) is 13.2 Å². The molecule has 0 aromatic carbocycles. The third-order valence-electron chi connectivity index (χ3n) is 9.14. The summed E-state index contributed by atoms with van der Waals surface area (Å²) in [6, 6.07) is 0. The van der Waals surface area contributed by atoms with Gasteiger partial charge in [0, 0.05) is 23.7 Å². The molecule has 0 heterocycles. The largest absolute Gasteiger partial charge is 0.460 e. The van der Waals surface area contributed by atoms with Crippen molar-refractivity contribution >= 4 is 29.8 Å². The summed E-state index contributed by atoms with van der Waals surface area (Å²) in [6.07, 6.45) is -13.7. The standard InChI is InChI=1S/C35H62O16/c1-11-18(7)24(39)31(42)49-28(19(8)12-2)34(45)51-30(21(10)14-4)35(46)50-29(20(9)13-3)33(44)48-27(17(5)6)32(43)47-16-23(38)26(41)25(40)22(37)15-36/h17-30,36-41H,11-16H2,1-10H3. The maximum absolute atomic E-state index is 13.6. The van der Waals surface area contributed by atoms with Gasteiger partial charge in [-0.1, -0.05) is 75.7 Å². The summed E-state index contributed by atoms with van der Waals surface area (Å²) in [7, 11) is 0. The fraction of sp³-hybridized carbons (Fsp3) is 0.857. The quantitative estimate of drug-likeness (QED) is 0.0592. The van der Waals surface area contributed by atoms with Crippen molar-refractivity contribution in [2.45, 2.75) is 150 Å². The first kappa shape index (κ1) is 48.1. The fourth-order valence-electron chi connectivity index (χ4n) is 4.43. The zero-order chi connectivity index (χ0) is 39.7. The van der Waals surface area contributed by atoms with E-state index >= 15 is 0 Å². The van der Waals surface area contributed by atoms with Gasteiger partial charge in [-0.15, -0.1) is 0 Å². The van der Waals surface area contributed by atoms with E-state index in [0.717, 1.165) is 0 Å². The van der Waals surface area contributed by atoms with Crippen LogP contribution in [0, 0.1) is 29.6 Å². The zero-order valence-corrected chi connectivity index (χ0v) is 31.6. The van der Waals surface area contributed by atoms with E-state index in [0.29, 0.717) is 25.7 Å². The first-order chi connectivity index (χ1) is 23.7. The summed E-state index contributed by atoms with van der Waals surface area (Å²) in [5.41, 5.74) is 0. The Hall–Kier alpha value is -2.89. The number of hydrogen-bond acceptors (Lipinski definition) is 16. The molecular weight excluding hydrogens is 676 g/mol. The molecule has 51 heavy (non-hydrogen) atoms. The SMILES string of the molecule is CCC(C)C(O)C(=O)OC(C(=O)OC(C(=O)OC(C(=O)OC(C(=O)OCC(O)C(O)C(O)C(O)CO)C(C)C)C(C)CC)C(C)CC)C(C)CC. The van der Waals surface area contributed by atoms with Crippen LogP contribution in [0.5, 0.6) is 0 Å². The normalized spacial score (nSPS) is 19.4. The second-order valence-corrected chi connectivity index (χ2v) is 13.6. The Morgan fingerprint density at radius 1 is 0.471 bits per heavy atom. The Labute approximate surface area is 300 Å². The van der Waals surface area contributed by atoms with E-state index < -0.39 is 128 Å². The van der Waals surface area contributed by atoms with Crippen molar-refractivity contribution in [2.24, 2.45) is 29.6 Å². The lowest BCUT2D eigenvalue weighted by molar-refractivity contribution is -0.196. The van der Waals surface area contributed by atoms with Crippen molar-refractivity contribution in [3.8, 4) is 0 Å². The van der Waals surface area contributed by atoms with Crippen LogP contribution in [0.15, 0.2) is 0 Å². The van der Waals surface area contributed by atoms with Crippen molar-refractivity contribution < 1.29 is 78.3 Å². The highest BCUT2D eigenvalue weighted by Crippen LogP contribution is 2.24. The monoisotopic (exact) mass is 738 g/mol. The molecular formula is C35H62O16. The summed E-state index contributed by atoms with van der Waals surface area (Å²) in [6.45, 7) is 14.8. The molecule has 298 valence electrons. The molecule has 0 aromatic rings. The first-order valence-corrected chi connectivity index (χ1v) is 17.7. The van der Waals surface area contributed by atoms with Crippen molar-refractivity contribution in [1.82, 2.24) is 0 Å². The fourth-order valence-corrected chi connectivity index (χ4v) is 4.43. The van der Waals surface area contributed by atoms with Crippen LogP contribution in [-0.2, 0) is 47.7 Å². The van der Waals surface area contributed by atoms with Crippen LogP contribution in [0.2, 0.25) is 0 Å². The van der Waals surface area contributed by atoms with Crippen molar-refractivity contribution in [3.05, 3.63) is 0 Å². The number of aliphatic hydroxyl groups excluding tert-OH is 6. The number of aliphatic hydroxyl groups is 6. The van der Waals surface area contributed by atoms with E-state index in [9.17, 15) is 49.5 Å². The predicted molar refractivity (Wildman–Crippen MR) is 180 cm³/mol. The average molecular weight is 739 g/mol. The Bertz CT molecular complexity index is 1080. The second kappa shape index (κ2) is 23.6. The van der Waals surface area contributed by atoms with Crippen LogP contribution in [0.1, 0.15) is 94.9 Å². The highest BCUT2D eigenvalue weighted by Gasteiger charge is 2.42. The Morgan fingerprint density at radius 3 is 1.14 bits per heavy atom. The van der Waals surface area contributed by atoms with Gasteiger partial charge in [0.1, 0.15) is 31.0 Å². The summed E-state index contributed by atoms with van der Waals surface area (Å²) < 4.78 is 27.0. The number of carbonyl (C=O) groups is 5. The summed E-state index contributed by atoms with van der Waals surface area (Å²) in [5.74, 6) is -8.31. The number of esters is 5. The van der Waals surface area contributed by atoms with E-state index in [1.165, 1.54) is 13.8 Å². The molecule has 0 aromatic heterocycles. The van der Waals surface area contributed by atoms with E-state index in [2.05, 4.69) is 0 Å². The molecule has 13 atom stereocenters. The van der Waals surface area contributed by atoms with Gasteiger partial charge in [-0.25, -0.2) is 24.0 Å². The van der Waals surface area contributed by atoms with Crippen molar-refractivity contribution in [1.29, 1.82) is 0 Å². The molecule has 0 fully saturated rings. The van der Waals surface area contributed by atoms with Gasteiger partial charge < -0.3 is 54.3 Å². The molecule has 0 saturated carbocycles. The van der Waals surface area contributed by atoms with Gasteiger partial charge in [-0.05, 0) is 25.2 Å². The maximum Gasteiger partial charge on any atom is 0.348 e. The van der Waals surface area contributed by atoms with Gasteiger partial charge in [-0.2, -0.15) is 0 Å². The van der Waals surface area contributed by atoms with Gasteiger partial charge in [0.05, 0.1) is 6.61 Å². The molecule has 0 aliphatic rings. The van der Waals surface area contributed by atoms with Crippen LogP contribution >= 0.6 is 0 Å².